The van der Waals surface area contributed by atoms with E-state index >= 15 is 0 Å². The largest absolute Gasteiger partial charge is 0.476 e. The van der Waals surface area contributed by atoms with E-state index in [9.17, 15) is 9.59 Å². The summed E-state index contributed by atoms with van der Waals surface area (Å²) in [5, 5.41) is 7.02. The van der Waals surface area contributed by atoms with Gasteiger partial charge in [-0.05, 0) is 45.2 Å². The molecule has 1 aliphatic rings. The van der Waals surface area contributed by atoms with Gasteiger partial charge in [0.15, 0.2) is 5.65 Å². The van der Waals surface area contributed by atoms with Crippen LogP contribution in [0.25, 0.3) is 5.65 Å². The Morgan fingerprint density at radius 1 is 1.33 bits per heavy atom. The molecule has 1 saturated heterocycles. The SMILES string of the molecule is CCOc1cc(CCC(=O)N2CCCCC2c2cc3nc(C)c(C)c(=O)n3[nH]2)on1. The number of piperidine rings is 1. The summed E-state index contributed by atoms with van der Waals surface area (Å²) in [6, 6.07) is 3.52. The maximum Gasteiger partial charge on any atom is 0.275 e. The topological polar surface area (TPSA) is 106 Å². The number of ether oxygens (including phenoxy) is 1. The maximum absolute atomic E-state index is 13.0. The van der Waals surface area contributed by atoms with Crippen molar-refractivity contribution in [3.05, 3.63) is 45.2 Å². The quantitative estimate of drug-likeness (QED) is 0.666. The number of nitrogens with zero attached hydrogens (tertiary/aromatic N) is 4. The van der Waals surface area contributed by atoms with Gasteiger partial charge >= 0.3 is 0 Å². The molecule has 0 bridgehead atoms. The maximum atomic E-state index is 13.0. The number of H-pyrrole nitrogens is 1. The zero-order valence-corrected chi connectivity index (χ0v) is 17.6. The molecule has 1 unspecified atom stereocenters. The van der Waals surface area contributed by atoms with E-state index in [1.165, 1.54) is 4.52 Å². The highest BCUT2D eigenvalue weighted by Crippen LogP contribution is 2.31. The number of carbonyl (C=O) groups excluding carboxylic acids is 1. The summed E-state index contributed by atoms with van der Waals surface area (Å²) < 4.78 is 12.0. The highest BCUT2D eigenvalue weighted by atomic mass is 16.5. The second-order valence-electron chi connectivity index (χ2n) is 7.70. The fourth-order valence-corrected chi connectivity index (χ4v) is 3.96. The number of amides is 1. The van der Waals surface area contributed by atoms with Gasteiger partial charge in [0.2, 0.25) is 5.91 Å². The molecule has 0 spiro atoms. The van der Waals surface area contributed by atoms with Gasteiger partial charge in [0.05, 0.1) is 18.3 Å². The van der Waals surface area contributed by atoms with Crippen LogP contribution >= 0.6 is 0 Å². The lowest BCUT2D eigenvalue weighted by Crippen LogP contribution is -2.38. The third kappa shape index (κ3) is 3.83. The van der Waals surface area contributed by atoms with Gasteiger partial charge in [-0.3, -0.25) is 14.7 Å². The molecule has 1 fully saturated rings. The fourth-order valence-electron chi connectivity index (χ4n) is 3.96. The smallest absolute Gasteiger partial charge is 0.275 e. The Bertz CT molecular complexity index is 1110. The number of likely N-dealkylation sites (tertiary alicyclic amines) is 1. The van der Waals surface area contributed by atoms with E-state index in [1.54, 1.807) is 13.0 Å². The number of fused-ring (bicyclic) bond motifs is 1. The number of hydrogen-bond acceptors (Lipinski definition) is 6. The minimum atomic E-state index is -0.104. The van der Waals surface area contributed by atoms with Gasteiger partial charge in [0.1, 0.15) is 5.76 Å². The summed E-state index contributed by atoms with van der Waals surface area (Å²) in [4.78, 5) is 32.0. The van der Waals surface area contributed by atoms with Crippen LogP contribution in [0.5, 0.6) is 5.88 Å². The fraction of sp³-hybridized carbons (Fsp3) is 0.524. The lowest BCUT2D eigenvalue weighted by atomic mass is 9.98. The number of carbonyl (C=O) groups is 1. The lowest BCUT2D eigenvalue weighted by molar-refractivity contribution is -0.135. The molecule has 3 aromatic rings. The Kier molecular flexibility index (Phi) is 5.61. The Morgan fingerprint density at radius 2 is 2.17 bits per heavy atom. The molecule has 30 heavy (non-hydrogen) atoms. The molecule has 9 heteroatoms. The average molecular weight is 413 g/mol. The molecule has 4 rings (SSSR count). The molecule has 1 amide bonds. The predicted molar refractivity (Wildman–Crippen MR) is 110 cm³/mol. The first kappa shape index (κ1) is 20.2. The Hall–Kier alpha value is -3.10. The molecule has 1 atom stereocenters. The van der Waals surface area contributed by atoms with Gasteiger partial charge in [0.25, 0.3) is 11.4 Å². The minimum absolute atomic E-state index is 0.0559. The second kappa shape index (κ2) is 8.33. The van der Waals surface area contributed by atoms with E-state index in [2.05, 4.69) is 15.2 Å². The molecule has 160 valence electrons. The molecule has 4 heterocycles. The number of hydrogen-bond donors (Lipinski definition) is 1. The summed E-state index contributed by atoms with van der Waals surface area (Å²) in [5.41, 5.74) is 2.67. The number of aromatic nitrogens is 4. The standard InChI is InChI=1S/C21H27N5O4/c1-4-29-19-11-15(30-24-19)8-9-20(27)25-10-6-5-7-17(25)16-12-18-22-14(3)13(2)21(28)26(18)23-16/h11-12,17,23H,4-10H2,1-3H3. The van der Waals surface area contributed by atoms with Crippen molar-refractivity contribution in [2.45, 2.75) is 58.9 Å². The van der Waals surface area contributed by atoms with Gasteiger partial charge in [-0.25, -0.2) is 9.50 Å². The molecule has 0 aliphatic carbocycles. The van der Waals surface area contributed by atoms with Gasteiger partial charge in [-0.15, -0.1) is 0 Å². The number of rotatable bonds is 6. The molecule has 0 radical (unpaired) electrons. The normalized spacial score (nSPS) is 16.9. The summed E-state index contributed by atoms with van der Waals surface area (Å²) in [6.45, 7) is 6.70. The highest BCUT2D eigenvalue weighted by Gasteiger charge is 2.29. The monoisotopic (exact) mass is 413 g/mol. The van der Waals surface area contributed by atoms with Crippen LogP contribution < -0.4 is 10.3 Å². The van der Waals surface area contributed by atoms with Crippen molar-refractivity contribution in [2.24, 2.45) is 0 Å². The molecular weight excluding hydrogens is 386 g/mol. The Labute approximate surface area is 174 Å². The first-order chi connectivity index (χ1) is 14.5. The van der Waals surface area contributed by atoms with Crippen LogP contribution in [-0.2, 0) is 11.2 Å². The minimum Gasteiger partial charge on any atom is -0.476 e. The van der Waals surface area contributed by atoms with Crippen LogP contribution in [0.15, 0.2) is 21.5 Å². The molecule has 0 saturated carbocycles. The van der Waals surface area contributed by atoms with Gasteiger partial charge < -0.3 is 14.2 Å². The first-order valence-corrected chi connectivity index (χ1v) is 10.4. The Morgan fingerprint density at radius 3 is 2.97 bits per heavy atom. The summed E-state index contributed by atoms with van der Waals surface area (Å²) in [6.07, 6.45) is 3.64. The van der Waals surface area contributed by atoms with Crippen LogP contribution in [0.4, 0.5) is 0 Å². The van der Waals surface area contributed by atoms with Gasteiger partial charge in [0, 0.05) is 42.8 Å². The van der Waals surface area contributed by atoms with E-state index < -0.39 is 0 Å². The number of aryl methyl sites for hydroxylation is 2. The average Bonchev–Trinajstić information content (AvgIpc) is 3.37. The van der Waals surface area contributed by atoms with Crippen LogP contribution in [0.3, 0.4) is 0 Å². The summed E-state index contributed by atoms with van der Waals surface area (Å²) >= 11 is 0. The molecule has 0 aromatic carbocycles. The van der Waals surface area contributed by atoms with Crippen LogP contribution in [-0.4, -0.2) is 43.7 Å². The van der Waals surface area contributed by atoms with Crippen LogP contribution in [0.1, 0.15) is 61.4 Å². The van der Waals surface area contributed by atoms with Crippen molar-refractivity contribution in [3.8, 4) is 5.88 Å². The molecule has 1 aliphatic heterocycles. The van der Waals surface area contributed by atoms with E-state index in [1.807, 2.05) is 24.8 Å². The zero-order chi connectivity index (χ0) is 21.3. The molecule has 9 nitrogen and oxygen atoms in total. The van der Waals surface area contributed by atoms with Crippen molar-refractivity contribution in [2.75, 3.05) is 13.2 Å². The summed E-state index contributed by atoms with van der Waals surface area (Å²) in [5.74, 6) is 1.13. The van der Waals surface area contributed by atoms with Crippen molar-refractivity contribution in [1.82, 2.24) is 24.7 Å². The lowest BCUT2D eigenvalue weighted by Gasteiger charge is -2.35. The van der Waals surface area contributed by atoms with E-state index in [0.717, 1.165) is 30.7 Å². The Balaban J connectivity index is 1.52. The third-order valence-corrected chi connectivity index (χ3v) is 5.70. The molecule has 3 aromatic heterocycles. The summed E-state index contributed by atoms with van der Waals surface area (Å²) in [7, 11) is 0. The second-order valence-corrected chi connectivity index (χ2v) is 7.70. The van der Waals surface area contributed by atoms with E-state index in [4.69, 9.17) is 9.26 Å². The van der Waals surface area contributed by atoms with Crippen molar-refractivity contribution in [3.63, 3.8) is 0 Å². The number of aromatic amines is 1. The van der Waals surface area contributed by atoms with Crippen molar-refractivity contribution < 1.29 is 14.1 Å². The predicted octanol–water partition coefficient (Wildman–Crippen LogP) is 2.71. The van der Waals surface area contributed by atoms with Crippen LogP contribution in [0.2, 0.25) is 0 Å². The number of nitrogens with one attached hydrogen (secondary N) is 1. The van der Waals surface area contributed by atoms with Gasteiger partial charge in [-0.1, -0.05) is 0 Å². The third-order valence-electron chi connectivity index (χ3n) is 5.70. The highest BCUT2D eigenvalue weighted by molar-refractivity contribution is 5.77. The van der Waals surface area contributed by atoms with Gasteiger partial charge in [-0.2, -0.15) is 0 Å². The van der Waals surface area contributed by atoms with Crippen molar-refractivity contribution in [1.29, 1.82) is 0 Å². The molecular formula is C21H27N5O4. The van der Waals surface area contributed by atoms with E-state index in [-0.39, 0.29) is 17.5 Å². The zero-order valence-electron chi connectivity index (χ0n) is 17.6. The van der Waals surface area contributed by atoms with Crippen molar-refractivity contribution >= 4 is 11.6 Å². The van der Waals surface area contributed by atoms with E-state index in [0.29, 0.717) is 48.8 Å². The van der Waals surface area contributed by atoms with Crippen LogP contribution in [0, 0.1) is 13.8 Å². The first-order valence-electron chi connectivity index (χ1n) is 10.4. The molecule has 1 N–H and O–H groups in total.